The fourth-order valence-corrected chi connectivity index (χ4v) is 3.07. The SMILES string of the molecule is CCNC(=NCc1ccccc1OCC)NCCCNC(=O)c1cccs1.I. The van der Waals surface area contributed by atoms with E-state index in [1.165, 1.54) is 11.3 Å². The van der Waals surface area contributed by atoms with Crippen LogP contribution in [0.5, 0.6) is 5.75 Å². The van der Waals surface area contributed by atoms with Gasteiger partial charge in [0.25, 0.3) is 5.91 Å². The Morgan fingerprint density at radius 2 is 1.86 bits per heavy atom. The maximum Gasteiger partial charge on any atom is 0.261 e. The second kappa shape index (κ2) is 14.2. The van der Waals surface area contributed by atoms with Crippen LogP contribution in [0.3, 0.4) is 0 Å². The molecule has 0 spiro atoms. The lowest BCUT2D eigenvalue weighted by molar-refractivity contribution is 0.0957. The van der Waals surface area contributed by atoms with E-state index >= 15 is 0 Å². The zero-order valence-electron chi connectivity index (χ0n) is 16.4. The second-order valence-electron chi connectivity index (χ2n) is 5.75. The lowest BCUT2D eigenvalue weighted by Crippen LogP contribution is -2.38. The minimum atomic E-state index is -0.0156. The minimum absolute atomic E-state index is 0. The smallest absolute Gasteiger partial charge is 0.261 e. The van der Waals surface area contributed by atoms with Crippen molar-refractivity contribution in [1.29, 1.82) is 0 Å². The zero-order chi connectivity index (χ0) is 19.3. The van der Waals surface area contributed by atoms with E-state index in [4.69, 9.17) is 4.74 Å². The molecule has 0 atom stereocenters. The van der Waals surface area contributed by atoms with Gasteiger partial charge in [0.15, 0.2) is 5.96 Å². The first-order valence-electron chi connectivity index (χ1n) is 9.29. The number of carbonyl (C=O) groups is 1. The number of ether oxygens (including phenoxy) is 1. The highest BCUT2D eigenvalue weighted by molar-refractivity contribution is 14.0. The zero-order valence-corrected chi connectivity index (χ0v) is 19.5. The summed E-state index contributed by atoms with van der Waals surface area (Å²) in [4.78, 5) is 17.3. The monoisotopic (exact) mass is 516 g/mol. The summed E-state index contributed by atoms with van der Waals surface area (Å²) in [5.41, 5.74) is 1.06. The molecule has 154 valence electrons. The van der Waals surface area contributed by atoms with E-state index in [0.29, 0.717) is 19.7 Å². The van der Waals surface area contributed by atoms with E-state index in [0.717, 1.165) is 41.7 Å². The van der Waals surface area contributed by atoms with Crippen molar-refractivity contribution in [2.24, 2.45) is 4.99 Å². The molecule has 0 saturated carbocycles. The van der Waals surface area contributed by atoms with Crippen LogP contribution in [-0.2, 0) is 6.54 Å². The fourth-order valence-electron chi connectivity index (χ4n) is 2.43. The number of nitrogens with zero attached hydrogens (tertiary/aromatic N) is 1. The van der Waals surface area contributed by atoms with Crippen LogP contribution in [0.4, 0.5) is 0 Å². The van der Waals surface area contributed by atoms with Gasteiger partial charge in [0.05, 0.1) is 18.0 Å². The van der Waals surface area contributed by atoms with Gasteiger partial charge in [-0.3, -0.25) is 4.79 Å². The van der Waals surface area contributed by atoms with E-state index in [-0.39, 0.29) is 29.9 Å². The summed E-state index contributed by atoms with van der Waals surface area (Å²) in [6.07, 6.45) is 0.817. The van der Waals surface area contributed by atoms with Crippen molar-refractivity contribution >= 4 is 47.2 Å². The number of rotatable bonds is 10. The largest absolute Gasteiger partial charge is 0.494 e. The molecule has 0 unspecified atom stereocenters. The Morgan fingerprint density at radius 1 is 1.07 bits per heavy atom. The minimum Gasteiger partial charge on any atom is -0.494 e. The van der Waals surface area contributed by atoms with Crippen molar-refractivity contribution in [3.05, 3.63) is 52.2 Å². The molecule has 8 heteroatoms. The van der Waals surface area contributed by atoms with Crippen LogP contribution >= 0.6 is 35.3 Å². The summed E-state index contributed by atoms with van der Waals surface area (Å²) < 4.78 is 5.65. The fraction of sp³-hybridized carbons (Fsp3) is 0.400. The van der Waals surface area contributed by atoms with Gasteiger partial charge in [-0.2, -0.15) is 0 Å². The molecule has 0 aliphatic rings. The maximum atomic E-state index is 11.9. The number of carbonyl (C=O) groups excluding carboxylic acids is 1. The first-order chi connectivity index (χ1) is 13.2. The highest BCUT2D eigenvalue weighted by Crippen LogP contribution is 2.18. The summed E-state index contributed by atoms with van der Waals surface area (Å²) in [6, 6.07) is 11.7. The Hall–Kier alpha value is -1.81. The van der Waals surface area contributed by atoms with Gasteiger partial charge in [-0.25, -0.2) is 4.99 Å². The van der Waals surface area contributed by atoms with Crippen molar-refractivity contribution in [1.82, 2.24) is 16.0 Å². The quantitative estimate of drug-likeness (QED) is 0.195. The van der Waals surface area contributed by atoms with Crippen molar-refractivity contribution in [2.45, 2.75) is 26.8 Å². The lowest BCUT2D eigenvalue weighted by Gasteiger charge is -2.12. The van der Waals surface area contributed by atoms with Gasteiger partial charge in [0.2, 0.25) is 0 Å². The van der Waals surface area contributed by atoms with Crippen molar-refractivity contribution in [3.8, 4) is 5.75 Å². The number of nitrogens with one attached hydrogen (secondary N) is 3. The van der Waals surface area contributed by atoms with Crippen LogP contribution < -0.4 is 20.7 Å². The number of halogens is 1. The van der Waals surface area contributed by atoms with E-state index in [9.17, 15) is 4.79 Å². The second-order valence-corrected chi connectivity index (χ2v) is 6.70. The summed E-state index contributed by atoms with van der Waals surface area (Å²) in [6.45, 7) is 7.32. The molecule has 1 amide bonds. The van der Waals surface area contributed by atoms with E-state index in [1.807, 2.05) is 55.6 Å². The standard InChI is InChI=1S/C20H28N4O2S.HI/c1-3-21-20(24-15-16-9-5-6-10-17(16)26-4-2)23-13-8-12-22-19(25)18-11-7-14-27-18;/h5-7,9-11,14H,3-4,8,12-13,15H2,1-2H3,(H,22,25)(H2,21,23,24);1H. The molecule has 1 heterocycles. The molecule has 0 saturated heterocycles. The number of thiophene rings is 1. The Labute approximate surface area is 188 Å². The Morgan fingerprint density at radius 3 is 2.57 bits per heavy atom. The molecule has 1 aromatic carbocycles. The molecule has 0 fully saturated rings. The molecule has 2 rings (SSSR count). The molecule has 0 aliphatic carbocycles. The highest BCUT2D eigenvalue weighted by Gasteiger charge is 2.05. The van der Waals surface area contributed by atoms with Crippen molar-refractivity contribution in [3.63, 3.8) is 0 Å². The number of hydrogen-bond donors (Lipinski definition) is 3. The van der Waals surface area contributed by atoms with Gasteiger partial charge in [-0.1, -0.05) is 24.3 Å². The van der Waals surface area contributed by atoms with Crippen LogP contribution in [0.15, 0.2) is 46.8 Å². The number of benzene rings is 1. The molecule has 2 aromatic rings. The van der Waals surface area contributed by atoms with Gasteiger partial charge >= 0.3 is 0 Å². The summed E-state index contributed by atoms with van der Waals surface area (Å²) in [5, 5.41) is 11.4. The first kappa shape index (κ1) is 24.2. The number of guanidine groups is 1. The Kier molecular flexibility index (Phi) is 12.3. The molecular formula is C20H29IN4O2S. The number of para-hydroxylation sites is 1. The third-order valence-electron chi connectivity index (χ3n) is 3.70. The Balaban J connectivity index is 0.00000392. The van der Waals surface area contributed by atoms with Crippen LogP contribution in [0, 0.1) is 0 Å². The molecule has 0 aliphatic heterocycles. The molecular weight excluding hydrogens is 487 g/mol. The van der Waals surface area contributed by atoms with Crippen molar-refractivity contribution < 1.29 is 9.53 Å². The van der Waals surface area contributed by atoms with Gasteiger partial charge in [0, 0.05) is 25.2 Å². The number of hydrogen-bond acceptors (Lipinski definition) is 4. The Bertz CT molecular complexity index is 723. The maximum absolute atomic E-state index is 11.9. The molecule has 3 N–H and O–H groups in total. The molecule has 0 bridgehead atoms. The van der Waals surface area contributed by atoms with Crippen LogP contribution in [0.1, 0.15) is 35.5 Å². The normalized spacial score (nSPS) is 10.7. The highest BCUT2D eigenvalue weighted by atomic mass is 127. The summed E-state index contributed by atoms with van der Waals surface area (Å²) in [7, 11) is 0. The van der Waals surface area contributed by atoms with Gasteiger partial charge < -0.3 is 20.7 Å². The molecule has 6 nitrogen and oxygen atoms in total. The molecule has 1 aromatic heterocycles. The van der Waals surface area contributed by atoms with Gasteiger partial charge in [0.1, 0.15) is 5.75 Å². The van der Waals surface area contributed by atoms with Crippen LogP contribution in [-0.4, -0.2) is 38.1 Å². The topological polar surface area (TPSA) is 74.8 Å². The number of aliphatic imine (C=N–C) groups is 1. The van der Waals surface area contributed by atoms with E-state index in [2.05, 4.69) is 20.9 Å². The van der Waals surface area contributed by atoms with Gasteiger partial charge in [-0.05, 0) is 37.8 Å². The summed E-state index contributed by atoms with van der Waals surface area (Å²) in [5.74, 6) is 1.61. The predicted octanol–water partition coefficient (Wildman–Crippen LogP) is 3.64. The summed E-state index contributed by atoms with van der Waals surface area (Å²) >= 11 is 1.45. The predicted molar refractivity (Wildman–Crippen MR) is 127 cm³/mol. The van der Waals surface area contributed by atoms with Crippen molar-refractivity contribution in [2.75, 3.05) is 26.2 Å². The van der Waals surface area contributed by atoms with Gasteiger partial charge in [-0.15, -0.1) is 35.3 Å². The van der Waals surface area contributed by atoms with E-state index in [1.54, 1.807) is 0 Å². The lowest BCUT2D eigenvalue weighted by atomic mass is 10.2. The third-order valence-corrected chi connectivity index (χ3v) is 4.57. The molecule has 0 radical (unpaired) electrons. The first-order valence-corrected chi connectivity index (χ1v) is 10.2. The van der Waals surface area contributed by atoms with Crippen LogP contribution in [0.25, 0.3) is 0 Å². The average molecular weight is 516 g/mol. The van der Waals surface area contributed by atoms with E-state index < -0.39 is 0 Å². The number of amides is 1. The average Bonchev–Trinajstić information content (AvgIpc) is 3.22. The third kappa shape index (κ3) is 8.47. The molecule has 28 heavy (non-hydrogen) atoms. The van der Waals surface area contributed by atoms with Crippen LogP contribution in [0.2, 0.25) is 0 Å².